The molecule has 0 saturated carbocycles. The molecular formula is C7H7N3O. The lowest BCUT2D eigenvalue weighted by Gasteiger charge is -1.98. The zero-order chi connectivity index (χ0) is 8.10. The molecule has 0 spiro atoms. The van der Waals surface area contributed by atoms with Gasteiger partial charge < -0.3 is 0 Å². The number of aliphatic imine (C=N–C) groups is 1. The van der Waals surface area contributed by atoms with Gasteiger partial charge in [0.25, 0.3) is 0 Å². The Labute approximate surface area is 64.0 Å². The summed E-state index contributed by atoms with van der Waals surface area (Å²) in [4.78, 5) is 21.1. The van der Waals surface area contributed by atoms with Crippen LogP contribution < -0.4 is 0 Å². The molecule has 56 valence electrons. The molecule has 0 fully saturated rings. The number of aromatic nitrogens is 2. The van der Waals surface area contributed by atoms with Crippen molar-refractivity contribution in [3.8, 4) is 0 Å². The van der Waals surface area contributed by atoms with Crippen LogP contribution in [-0.4, -0.2) is 16.0 Å². The van der Waals surface area contributed by atoms with Crippen LogP contribution in [0.5, 0.6) is 0 Å². The van der Waals surface area contributed by atoms with Crippen LogP contribution in [0.2, 0.25) is 0 Å². The number of carbonyl (C=O) groups excluding carboxylic acids is 1. The van der Waals surface area contributed by atoms with Crippen LogP contribution in [0.3, 0.4) is 0 Å². The van der Waals surface area contributed by atoms with Gasteiger partial charge in [0.1, 0.15) is 6.04 Å². The number of nitrogens with zero attached hydrogens (tertiary/aromatic N) is 3. The maximum absolute atomic E-state index is 9.84. The van der Waals surface area contributed by atoms with Crippen molar-refractivity contribution < 1.29 is 4.79 Å². The van der Waals surface area contributed by atoms with Crippen molar-refractivity contribution in [3.05, 3.63) is 24.3 Å². The molecule has 4 heteroatoms. The largest absolute Gasteiger partial charge is 0.239 e. The van der Waals surface area contributed by atoms with Crippen LogP contribution >= 0.6 is 0 Å². The Hall–Kier alpha value is -1.54. The van der Waals surface area contributed by atoms with Crippen molar-refractivity contribution in [1.29, 1.82) is 0 Å². The van der Waals surface area contributed by atoms with Gasteiger partial charge in [0.15, 0.2) is 5.82 Å². The Bertz CT molecular complexity index is 266. The molecule has 0 amide bonds. The minimum atomic E-state index is -0.298. The average Bonchev–Trinajstić information content (AvgIpc) is 2.07. The molecule has 0 bridgehead atoms. The molecule has 1 aromatic heterocycles. The van der Waals surface area contributed by atoms with Crippen molar-refractivity contribution in [2.45, 2.75) is 13.0 Å². The van der Waals surface area contributed by atoms with E-state index in [1.807, 2.05) is 0 Å². The van der Waals surface area contributed by atoms with Gasteiger partial charge in [-0.05, 0) is 13.0 Å². The normalized spacial score (nSPS) is 11.7. The number of isocyanates is 1. The van der Waals surface area contributed by atoms with E-state index >= 15 is 0 Å². The maximum atomic E-state index is 9.84. The third-order valence-electron chi connectivity index (χ3n) is 1.21. The Balaban J connectivity index is 2.84. The molecule has 1 atom stereocenters. The molecule has 0 N–H and O–H groups in total. The second kappa shape index (κ2) is 3.58. The van der Waals surface area contributed by atoms with E-state index < -0.39 is 0 Å². The molecule has 1 heterocycles. The number of hydrogen-bond acceptors (Lipinski definition) is 4. The van der Waals surface area contributed by atoms with Gasteiger partial charge >= 0.3 is 0 Å². The van der Waals surface area contributed by atoms with E-state index in [9.17, 15) is 4.79 Å². The summed E-state index contributed by atoms with van der Waals surface area (Å²) < 4.78 is 0. The van der Waals surface area contributed by atoms with E-state index in [1.165, 1.54) is 6.08 Å². The van der Waals surface area contributed by atoms with Crippen molar-refractivity contribution in [2.75, 3.05) is 0 Å². The molecule has 0 aromatic carbocycles. The average molecular weight is 149 g/mol. The quantitative estimate of drug-likeness (QED) is 0.463. The van der Waals surface area contributed by atoms with E-state index in [1.54, 1.807) is 25.4 Å². The van der Waals surface area contributed by atoms with E-state index in [2.05, 4.69) is 15.0 Å². The van der Waals surface area contributed by atoms with Gasteiger partial charge in [-0.15, -0.1) is 0 Å². The summed E-state index contributed by atoms with van der Waals surface area (Å²) >= 11 is 0. The topological polar surface area (TPSA) is 55.2 Å². The predicted octanol–water partition coefficient (Wildman–Crippen LogP) is 0.873. The van der Waals surface area contributed by atoms with E-state index in [0.717, 1.165) is 0 Å². The lowest BCUT2D eigenvalue weighted by Crippen LogP contribution is -1.95. The first-order valence-electron chi connectivity index (χ1n) is 3.18. The van der Waals surface area contributed by atoms with Crippen LogP contribution in [0.4, 0.5) is 0 Å². The monoisotopic (exact) mass is 149 g/mol. The molecule has 1 aromatic rings. The van der Waals surface area contributed by atoms with Gasteiger partial charge in [-0.2, -0.15) is 4.99 Å². The highest BCUT2D eigenvalue weighted by molar-refractivity contribution is 5.33. The standard InChI is InChI=1S/C7H7N3O/c1-6(10-5-11)7-8-3-2-4-9-7/h2-4,6H,1H3. The zero-order valence-electron chi connectivity index (χ0n) is 6.06. The fourth-order valence-electron chi connectivity index (χ4n) is 0.663. The Morgan fingerprint density at radius 3 is 2.73 bits per heavy atom. The van der Waals surface area contributed by atoms with E-state index in [0.29, 0.717) is 5.82 Å². The lowest BCUT2D eigenvalue weighted by atomic mass is 10.3. The van der Waals surface area contributed by atoms with Gasteiger partial charge in [-0.3, -0.25) is 0 Å². The summed E-state index contributed by atoms with van der Waals surface area (Å²) in [6.07, 6.45) is 4.68. The maximum Gasteiger partial charge on any atom is 0.235 e. The second-order valence-electron chi connectivity index (χ2n) is 2.00. The molecule has 0 aliphatic carbocycles. The third kappa shape index (κ3) is 1.95. The molecule has 0 aliphatic rings. The van der Waals surface area contributed by atoms with Crippen LogP contribution in [0, 0.1) is 0 Å². The molecule has 1 rings (SSSR count). The Morgan fingerprint density at radius 1 is 1.55 bits per heavy atom. The van der Waals surface area contributed by atoms with Crippen LogP contribution in [0.1, 0.15) is 18.8 Å². The van der Waals surface area contributed by atoms with Gasteiger partial charge in [0.2, 0.25) is 6.08 Å². The van der Waals surface area contributed by atoms with E-state index in [4.69, 9.17) is 0 Å². The highest BCUT2D eigenvalue weighted by Gasteiger charge is 2.03. The predicted molar refractivity (Wildman–Crippen MR) is 38.6 cm³/mol. The van der Waals surface area contributed by atoms with Gasteiger partial charge in [-0.1, -0.05) is 0 Å². The molecule has 0 radical (unpaired) electrons. The molecular weight excluding hydrogens is 142 g/mol. The van der Waals surface area contributed by atoms with Crippen molar-refractivity contribution in [1.82, 2.24) is 9.97 Å². The summed E-state index contributed by atoms with van der Waals surface area (Å²) in [5.74, 6) is 0.538. The molecule has 11 heavy (non-hydrogen) atoms. The summed E-state index contributed by atoms with van der Waals surface area (Å²) in [6, 6.07) is 1.41. The van der Waals surface area contributed by atoms with Gasteiger partial charge in [0.05, 0.1) is 0 Å². The highest BCUT2D eigenvalue weighted by atomic mass is 16.1. The molecule has 1 unspecified atom stereocenters. The minimum Gasteiger partial charge on any atom is -0.239 e. The summed E-state index contributed by atoms with van der Waals surface area (Å²) in [7, 11) is 0. The highest BCUT2D eigenvalue weighted by Crippen LogP contribution is 2.07. The fraction of sp³-hybridized carbons (Fsp3) is 0.286. The molecule has 4 nitrogen and oxygen atoms in total. The molecule has 0 aliphatic heterocycles. The summed E-state index contributed by atoms with van der Waals surface area (Å²) in [5, 5.41) is 0. The van der Waals surface area contributed by atoms with Gasteiger partial charge in [0, 0.05) is 12.4 Å². The SMILES string of the molecule is CC(N=C=O)c1ncccn1. The van der Waals surface area contributed by atoms with E-state index in [-0.39, 0.29) is 6.04 Å². The zero-order valence-corrected chi connectivity index (χ0v) is 6.06. The first kappa shape index (κ1) is 7.57. The van der Waals surface area contributed by atoms with Crippen LogP contribution in [0.25, 0.3) is 0 Å². The van der Waals surface area contributed by atoms with Crippen LogP contribution in [0.15, 0.2) is 23.5 Å². The Morgan fingerprint density at radius 2 is 2.18 bits per heavy atom. The summed E-state index contributed by atoms with van der Waals surface area (Å²) in [5.41, 5.74) is 0. The number of hydrogen-bond donors (Lipinski definition) is 0. The van der Waals surface area contributed by atoms with Crippen molar-refractivity contribution in [2.24, 2.45) is 4.99 Å². The third-order valence-corrected chi connectivity index (χ3v) is 1.21. The summed E-state index contributed by atoms with van der Waals surface area (Å²) in [6.45, 7) is 1.74. The Kier molecular flexibility index (Phi) is 2.47. The van der Waals surface area contributed by atoms with Crippen LogP contribution in [-0.2, 0) is 4.79 Å². The van der Waals surface area contributed by atoms with Crippen molar-refractivity contribution in [3.63, 3.8) is 0 Å². The number of rotatable bonds is 2. The smallest absolute Gasteiger partial charge is 0.235 e. The first-order valence-corrected chi connectivity index (χ1v) is 3.18. The van der Waals surface area contributed by atoms with Crippen molar-refractivity contribution >= 4 is 6.08 Å². The molecule has 0 saturated heterocycles. The lowest BCUT2D eigenvalue weighted by molar-refractivity contribution is 0.558. The first-order chi connectivity index (χ1) is 5.34. The minimum absolute atomic E-state index is 0.298. The second-order valence-corrected chi connectivity index (χ2v) is 2.00. The fourth-order valence-corrected chi connectivity index (χ4v) is 0.663. The van der Waals surface area contributed by atoms with Gasteiger partial charge in [-0.25, -0.2) is 14.8 Å².